The highest BCUT2D eigenvalue weighted by atomic mass is 16.5. The number of pyridine rings is 1. The first-order valence-corrected chi connectivity index (χ1v) is 7.93. The first kappa shape index (κ1) is 13.1. The molecule has 1 saturated heterocycles. The fourth-order valence-corrected chi connectivity index (χ4v) is 3.37. The Morgan fingerprint density at radius 2 is 2.14 bits per heavy atom. The summed E-state index contributed by atoms with van der Waals surface area (Å²) in [5.41, 5.74) is 8.25. The summed E-state index contributed by atoms with van der Waals surface area (Å²) >= 11 is 0. The van der Waals surface area contributed by atoms with E-state index in [2.05, 4.69) is 28.9 Å². The summed E-state index contributed by atoms with van der Waals surface area (Å²) in [5.74, 6) is 2.27. The quantitative estimate of drug-likeness (QED) is 0.903. The molecule has 2 atom stereocenters. The third-order valence-corrected chi connectivity index (χ3v) is 4.80. The number of aliphatic imine (C=N–C) groups is 1. The van der Waals surface area contributed by atoms with Crippen LogP contribution in [0.2, 0.25) is 0 Å². The van der Waals surface area contributed by atoms with Gasteiger partial charge in [0.05, 0.1) is 17.7 Å². The topological polar surface area (TPSA) is 63.7 Å². The lowest BCUT2D eigenvalue weighted by atomic mass is 10.0. The van der Waals surface area contributed by atoms with E-state index in [0.717, 1.165) is 30.8 Å². The predicted molar refractivity (Wildman–Crippen MR) is 82.7 cm³/mol. The molecule has 0 spiro atoms. The summed E-state index contributed by atoms with van der Waals surface area (Å²) in [6.07, 6.45) is 4.97. The average Bonchev–Trinajstić information content (AvgIpc) is 3.33. The van der Waals surface area contributed by atoms with Crippen LogP contribution < -0.4 is 10.6 Å². The molecule has 4 rings (SSSR count). The van der Waals surface area contributed by atoms with Crippen LogP contribution in [0.4, 0.5) is 5.82 Å². The molecule has 0 unspecified atom stereocenters. The van der Waals surface area contributed by atoms with Gasteiger partial charge in [0, 0.05) is 18.2 Å². The van der Waals surface area contributed by atoms with Crippen LogP contribution in [0, 0.1) is 0 Å². The number of rotatable bonds is 2. The Bertz CT molecular complexity index is 582. The van der Waals surface area contributed by atoms with Crippen LogP contribution in [0.3, 0.4) is 0 Å². The van der Waals surface area contributed by atoms with Gasteiger partial charge in [-0.15, -0.1) is 0 Å². The minimum atomic E-state index is 0.215. The first-order valence-electron chi connectivity index (χ1n) is 7.93. The van der Waals surface area contributed by atoms with Gasteiger partial charge in [0.1, 0.15) is 18.3 Å². The van der Waals surface area contributed by atoms with Gasteiger partial charge >= 0.3 is 0 Å². The third kappa shape index (κ3) is 2.29. The second kappa shape index (κ2) is 4.98. The number of nitrogens with two attached hydrogens (primary N) is 1. The van der Waals surface area contributed by atoms with Crippen LogP contribution in [0.25, 0.3) is 0 Å². The van der Waals surface area contributed by atoms with Crippen LogP contribution >= 0.6 is 0 Å². The van der Waals surface area contributed by atoms with Gasteiger partial charge in [-0.05, 0) is 44.7 Å². The van der Waals surface area contributed by atoms with Crippen LogP contribution in [-0.4, -0.2) is 36.2 Å². The van der Waals surface area contributed by atoms with Crippen molar-refractivity contribution in [3.05, 3.63) is 23.4 Å². The maximum absolute atomic E-state index is 6.07. The molecule has 5 nitrogen and oxygen atoms in total. The SMILES string of the molecule is C[C@H]1OCCC[C@@H]1N1CN=C(N)c2ccc(C3CC3)nc21. The van der Waals surface area contributed by atoms with Gasteiger partial charge in [0.25, 0.3) is 0 Å². The van der Waals surface area contributed by atoms with Crippen molar-refractivity contribution < 1.29 is 4.74 Å². The first-order chi connectivity index (χ1) is 10.2. The summed E-state index contributed by atoms with van der Waals surface area (Å²) in [4.78, 5) is 11.7. The van der Waals surface area contributed by atoms with E-state index >= 15 is 0 Å². The van der Waals surface area contributed by atoms with Crippen molar-refractivity contribution >= 4 is 11.7 Å². The molecule has 3 aliphatic rings. The summed E-state index contributed by atoms with van der Waals surface area (Å²) in [5, 5.41) is 0. The smallest absolute Gasteiger partial charge is 0.141 e. The van der Waals surface area contributed by atoms with E-state index in [-0.39, 0.29) is 6.10 Å². The molecule has 112 valence electrons. The van der Waals surface area contributed by atoms with E-state index in [1.54, 1.807) is 0 Å². The molecule has 0 amide bonds. The Kier molecular flexibility index (Phi) is 3.10. The van der Waals surface area contributed by atoms with Crippen LogP contribution in [0.1, 0.15) is 49.8 Å². The van der Waals surface area contributed by atoms with E-state index in [9.17, 15) is 0 Å². The number of aromatic nitrogens is 1. The van der Waals surface area contributed by atoms with Crippen LogP contribution in [0.15, 0.2) is 17.1 Å². The zero-order chi connectivity index (χ0) is 14.4. The lowest BCUT2D eigenvalue weighted by Crippen LogP contribution is -2.49. The Balaban J connectivity index is 1.72. The molecule has 0 aromatic carbocycles. The molecule has 5 heteroatoms. The molecule has 0 radical (unpaired) electrons. The highest BCUT2D eigenvalue weighted by Crippen LogP contribution is 2.40. The molecular weight excluding hydrogens is 264 g/mol. The predicted octanol–water partition coefficient (Wildman–Crippen LogP) is 2.01. The average molecular weight is 286 g/mol. The van der Waals surface area contributed by atoms with E-state index in [1.165, 1.54) is 18.5 Å². The van der Waals surface area contributed by atoms with Crippen LogP contribution in [0.5, 0.6) is 0 Å². The van der Waals surface area contributed by atoms with Gasteiger partial charge < -0.3 is 15.4 Å². The van der Waals surface area contributed by atoms with Gasteiger partial charge in [0.2, 0.25) is 0 Å². The van der Waals surface area contributed by atoms with Gasteiger partial charge in [-0.1, -0.05) is 0 Å². The number of hydrogen-bond donors (Lipinski definition) is 1. The van der Waals surface area contributed by atoms with Crippen LogP contribution in [-0.2, 0) is 4.74 Å². The molecule has 1 aromatic heterocycles. The zero-order valence-corrected chi connectivity index (χ0v) is 12.5. The molecule has 2 aliphatic heterocycles. The van der Waals surface area contributed by atoms with Crippen molar-refractivity contribution in [3.8, 4) is 0 Å². The maximum Gasteiger partial charge on any atom is 0.141 e. The largest absolute Gasteiger partial charge is 0.383 e. The third-order valence-electron chi connectivity index (χ3n) is 4.80. The molecule has 1 aromatic rings. The van der Waals surface area contributed by atoms with Gasteiger partial charge in [-0.3, -0.25) is 0 Å². The second-order valence-corrected chi connectivity index (χ2v) is 6.32. The number of anilines is 1. The lowest BCUT2D eigenvalue weighted by molar-refractivity contribution is 0.0112. The van der Waals surface area contributed by atoms with E-state index < -0.39 is 0 Å². The summed E-state index contributed by atoms with van der Waals surface area (Å²) < 4.78 is 5.83. The summed E-state index contributed by atoms with van der Waals surface area (Å²) in [7, 11) is 0. The Morgan fingerprint density at radius 1 is 1.29 bits per heavy atom. The normalized spacial score (nSPS) is 29.0. The molecule has 2 N–H and O–H groups in total. The molecule has 3 heterocycles. The second-order valence-electron chi connectivity index (χ2n) is 6.32. The highest BCUT2D eigenvalue weighted by Gasteiger charge is 2.34. The fraction of sp³-hybridized carbons (Fsp3) is 0.625. The van der Waals surface area contributed by atoms with Crippen molar-refractivity contribution in [2.75, 3.05) is 18.2 Å². The Labute approximate surface area is 125 Å². The van der Waals surface area contributed by atoms with E-state index in [1.807, 2.05) is 0 Å². The minimum absolute atomic E-state index is 0.215. The monoisotopic (exact) mass is 286 g/mol. The van der Waals surface area contributed by atoms with E-state index in [4.69, 9.17) is 15.5 Å². The molecular formula is C16H22N4O. The Hall–Kier alpha value is -1.62. The molecule has 0 bridgehead atoms. The molecule has 2 fully saturated rings. The van der Waals surface area contributed by atoms with Gasteiger partial charge in [-0.25, -0.2) is 9.98 Å². The number of ether oxygens (including phenoxy) is 1. The highest BCUT2D eigenvalue weighted by molar-refractivity contribution is 6.03. The number of amidine groups is 1. The fourth-order valence-electron chi connectivity index (χ4n) is 3.37. The Morgan fingerprint density at radius 3 is 2.90 bits per heavy atom. The summed E-state index contributed by atoms with van der Waals surface area (Å²) in [6.45, 7) is 3.60. The van der Waals surface area contributed by atoms with Crippen molar-refractivity contribution in [1.82, 2.24) is 4.98 Å². The van der Waals surface area contributed by atoms with Gasteiger partial charge in [-0.2, -0.15) is 0 Å². The molecule has 1 saturated carbocycles. The zero-order valence-electron chi connectivity index (χ0n) is 12.5. The van der Waals surface area contributed by atoms with Crippen molar-refractivity contribution in [2.45, 2.75) is 50.7 Å². The minimum Gasteiger partial charge on any atom is -0.383 e. The summed E-state index contributed by atoms with van der Waals surface area (Å²) in [6, 6.07) is 4.55. The van der Waals surface area contributed by atoms with Crippen molar-refractivity contribution in [2.24, 2.45) is 10.7 Å². The van der Waals surface area contributed by atoms with Gasteiger partial charge in [0.15, 0.2) is 0 Å². The maximum atomic E-state index is 6.07. The van der Waals surface area contributed by atoms with E-state index in [0.29, 0.717) is 24.5 Å². The molecule has 1 aliphatic carbocycles. The number of hydrogen-bond acceptors (Lipinski definition) is 5. The molecule has 21 heavy (non-hydrogen) atoms. The van der Waals surface area contributed by atoms with Crippen molar-refractivity contribution in [1.29, 1.82) is 0 Å². The lowest BCUT2D eigenvalue weighted by Gasteiger charge is -2.40. The van der Waals surface area contributed by atoms with Crippen molar-refractivity contribution in [3.63, 3.8) is 0 Å². The number of nitrogens with zero attached hydrogens (tertiary/aromatic N) is 3. The number of fused-ring (bicyclic) bond motifs is 1. The standard InChI is InChI=1S/C16H22N4O/c1-10-14(3-2-8-21-10)20-9-18-15(17)12-6-7-13(11-4-5-11)19-16(12)20/h6-7,10-11,14H,2-5,8-9H2,1H3,(H2,17,18)/t10-,14+/m1/s1.